The largest absolute Gasteiger partial charge is 0.373 e. The SMILES string of the molecule is CCCCCCn1cc[n+](C)c1.[N-]=[N+]=[N-]. The van der Waals surface area contributed by atoms with E-state index in [2.05, 4.69) is 41.8 Å². The summed E-state index contributed by atoms with van der Waals surface area (Å²) in [6.45, 7) is 3.41. The second kappa shape index (κ2) is 9.09. The van der Waals surface area contributed by atoms with Gasteiger partial charge in [-0.25, -0.2) is 9.13 Å². The number of hydrogen-bond acceptors (Lipinski definition) is 0. The molecule has 84 valence electrons. The fourth-order valence-corrected chi connectivity index (χ4v) is 1.36. The molecule has 0 atom stereocenters. The Hall–Kier alpha value is -1.48. The van der Waals surface area contributed by atoms with E-state index in [1.54, 1.807) is 0 Å². The Morgan fingerprint density at radius 2 is 1.93 bits per heavy atom. The molecule has 15 heavy (non-hydrogen) atoms. The number of hydrogen-bond donors (Lipinski definition) is 0. The van der Waals surface area contributed by atoms with E-state index >= 15 is 0 Å². The summed E-state index contributed by atoms with van der Waals surface area (Å²) in [7, 11) is 2.06. The molecule has 0 aliphatic heterocycles. The molecular formula is C10H19N5. The van der Waals surface area contributed by atoms with Gasteiger partial charge in [0.25, 0.3) is 0 Å². The maximum atomic E-state index is 6.75. The van der Waals surface area contributed by atoms with Gasteiger partial charge >= 0.3 is 0 Å². The molecule has 0 N–H and O–H groups in total. The molecule has 5 nitrogen and oxygen atoms in total. The summed E-state index contributed by atoms with van der Waals surface area (Å²) in [5.41, 5.74) is 13.5. The van der Waals surface area contributed by atoms with Crippen molar-refractivity contribution in [2.45, 2.75) is 39.2 Å². The van der Waals surface area contributed by atoms with Gasteiger partial charge in [-0.05, 0) is 12.8 Å². The Bertz CT molecular complexity index is 286. The molecule has 0 saturated carbocycles. The number of aromatic nitrogens is 2. The molecule has 0 fully saturated rings. The van der Waals surface area contributed by atoms with Gasteiger partial charge in [-0.2, -0.15) is 0 Å². The van der Waals surface area contributed by atoms with Crippen LogP contribution >= 0.6 is 0 Å². The maximum Gasteiger partial charge on any atom is 0.243 e. The lowest BCUT2D eigenvalue weighted by atomic mass is 10.2. The first kappa shape index (κ1) is 13.5. The average molecular weight is 209 g/mol. The van der Waals surface area contributed by atoms with E-state index in [9.17, 15) is 0 Å². The number of unbranched alkanes of at least 4 members (excludes halogenated alkanes) is 3. The van der Waals surface area contributed by atoms with E-state index in [-0.39, 0.29) is 0 Å². The molecule has 0 aromatic carbocycles. The average Bonchev–Trinajstić information content (AvgIpc) is 2.60. The van der Waals surface area contributed by atoms with Crippen LogP contribution in [0.5, 0.6) is 0 Å². The van der Waals surface area contributed by atoms with Gasteiger partial charge in [-0.1, -0.05) is 19.8 Å². The van der Waals surface area contributed by atoms with E-state index in [1.807, 2.05) is 0 Å². The van der Waals surface area contributed by atoms with E-state index in [1.165, 1.54) is 37.1 Å². The Balaban J connectivity index is 0.000000583. The van der Waals surface area contributed by atoms with Crippen molar-refractivity contribution in [2.75, 3.05) is 0 Å². The third kappa shape index (κ3) is 7.58. The van der Waals surface area contributed by atoms with Crippen LogP contribution in [0.2, 0.25) is 0 Å². The minimum absolute atomic E-state index is 1.17. The molecule has 0 unspecified atom stereocenters. The first-order valence-electron chi connectivity index (χ1n) is 5.24. The van der Waals surface area contributed by atoms with Gasteiger partial charge in [0, 0.05) is 0 Å². The maximum absolute atomic E-state index is 6.75. The zero-order valence-corrected chi connectivity index (χ0v) is 9.50. The fourth-order valence-electron chi connectivity index (χ4n) is 1.36. The molecule has 1 heterocycles. The lowest BCUT2D eigenvalue weighted by molar-refractivity contribution is -0.671. The standard InChI is InChI=1S/C10H19N2.N3/c1-3-4-5-6-7-12-9-8-11(2)10-12;1-3-2/h8-10H,3-7H2,1-2H3;/q+1;-1. The van der Waals surface area contributed by atoms with E-state index in [0.717, 1.165) is 0 Å². The van der Waals surface area contributed by atoms with Crippen molar-refractivity contribution in [3.63, 3.8) is 0 Å². The molecule has 0 radical (unpaired) electrons. The highest BCUT2D eigenvalue weighted by Crippen LogP contribution is 2.00. The summed E-state index contributed by atoms with van der Waals surface area (Å²) in [5, 5.41) is 0. The van der Waals surface area contributed by atoms with Gasteiger partial charge in [0.1, 0.15) is 12.4 Å². The van der Waals surface area contributed by atoms with Gasteiger partial charge < -0.3 is 11.1 Å². The third-order valence-electron chi connectivity index (χ3n) is 2.09. The smallest absolute Gasteiger partial charge is 0.243 e. The third-order valence-corrected chi connectivity index (χ3v) is 2.09. The van der Waals surface area contributed by atoms with Crippen LogP contribution in [-0.2, 0) is 13.6 Å². The first-order valence-corrected chi connectivity index (χ1v) is 5.24. The van der Waals surface area contributed by atoms with Gasteiger partial charge in [-0.3, -0.25) is 4.91 Å². The van der Waals surface area contributed by atoms with Crippen LogP contribution in [0.3, 0.4) is 0 Å². The highest BCUT2D eigenvalue weighted by atomic mass is 15.1. The van der Waals surface area contributed by atoms with Crippen LogP contribution in [0, 0.1) is 0 Å². The Morgan fingerprint density at radius 1 is 1.27 bits per heavy atom. The van der Waals surface area contributed by atoms with Crippen molar-refractivity contribution < 1.29 is 4.57 Å². The van der Waals surface area contributed by atoms with Crippen LogP contribution in [0.25, 0.3) is 16.0 Å². The van der Waals surface area contributed by atoms with Crippen LogP contribution < -0.4 is 4.57 Å². The van der Waals surface area contributed by atoms with Crippen molar-refractivity contribution in [3.8, 4) is 0 Å². The van der Waals surface area contributed by atoms with Crippen LogP contribution in [-0.4, -0.2) is 4.57 Å². The van der Waals surface area contributed by atoms with Crippen molar-refractivity contribution in [3.05, 3.63) is 34.7 Å². The molecule has 0 saturated heterocycles. The van der Waals surface area contributed by atoms with E-state index in [4.69, 9.17) is 11.1 Å². The Labute approximate surface area is 90.8 Å². The molecule has 0 aliphatic rings. The van der Waals surface area contributed by atoms with Gasteiger partial charge in [0.05, 0.1) is 13.6 Å². The lowest BCUT2D eigenvalue weighted by Crippen LogP contribution is -2.23. The fraction of sp³-hybridized carbons (Fsp3) is 0.700. The predicted octanol–water partition coefficient (Wildman–Crippen LogP) is 2.76. The summed E-state index contributed by atoms with van der Waals surface area (Å²) >= 11 is 0. The Morgan fingerprint density at radius 3 is 2.40 bits per heavy atom. The number of nitrogens with zero attached hydrogens (tertiary/aromatic N) is 5. The highest BCUT2D eigenvalue weighted by Gasteiger charge is 1.97. The highest BCUT2D eigenvalue weighted by molar-refractivity contribution is 4.65. The molecule has 0 bridgehead atoms. The van der Waals surface area contributed by atoms with Crippen molar-refractivity contribution in [1.29, 1.82) is 0 Å². The van der Waals surface area contributed by atoms with Crippen molar-refractivity contribution in [2.24, 2.45) is 7.05 Å². The van der Waals surface area contributed by atoms with Gasteiger partial charge in [0.15, 0.2) is 0 Å². The second-order valence-electron chi connectivity index (χ2n) is 3.47. The Kier molecular flexibility index (Phi) is 8.19. The molecule has 1 aromatic heterocycles. The minimum atomic E-state index is 1.17. The summed E-state index contributed by atoms with van der Waals surface area (Å²) in [5.74, 6) is 0. The summed E-state index contributed by atoms with van der Waals surface area (Å²) in [4.78, 5) is 1.50. The van der Waals surface area contributed by atoms with Gasteiger partial charge in [-0.15, -0.1) is 0 Å². The molecule has 0 amide bonds. The number of rotatable bonds is 5. The summed E-state index contributed by atoms with van der Waals surface area (Å²) in [6, 6.07) is 0. The van der Waals surface area contributed by atoms with Crippen LogP contribution in [0.15, 0.2) is 18.7 Å². The van der Waals surface area contributed by atoms with Crippen molar-refractivity contribution >= 4 is 0 Å². The topological polar surface area (TPSA) is 67.5 Å². The molecule has 1 aromatic rings. The summed E-state index contributed by atoms with van der Waals surface area (Å²) < 4.78 is 4.33. The molecule has 1 rings (SSSR count). The van der Waals surface area contributed by atoms with Crippen molar-refractivity contribution in [1.82, 2.24) is 4.57 Å². The first-order chi connectivity index (χ1) is 7.24. The van der Waals surface area contributed by atoms with E-state index < -0.39 is 0 Å². The van der Waals surface area contributed by atoms with Crippen LogP contribution in [0.1, 0.15) is 32.6 Å². The normalized spacial score (nSPS) is 8.93. The lowest BCUT2D eigenvalue weighted by Gasteiger charge is -1.95. The predicted molar refractivity (Wildman–Crippen MR) is 59.8 cm³/mol. The molecular weight excluding hydrogens is 190 g/mol. The monoisotopic (exact) mass is 209 g/mol. The van der Waals surface area contributed by atoms with Crippen LogP contribution in [0.4, 0.5) is 0 Å². The number of imidazole rings is 1. The molecule has 5 heteroatoms. The zero-order valence-electron chi connectivity index (χ0n) is 9.50. The quantitative estimate of drug-likeness (QED) is 0.235. The molecule has 0 aliphatic carbocycles. The zero-order chi connectivity index (χ0) is 11.5. The molecule has 0 spiro atoms. The van der Waals surface area contributed by atoms with E-state index in [0.29, 0.717) is 0 Å². The number of aryl methyl sites for hydroxylation is 2. The second-order valence-corrected chi connectivity index (χ2v) is 3.47. The summed E-state index contributed by atoms with van der Waals surface area (Å²) in [6.07, 6.45) is 11.7. The van der Waals surface area contributed by atoms with Gasteiger partial charge in [0.2, 0.25) is 6.33 Å². The minimum Gasteiger partial charge on any atom is -0.373 e.